The van der Waals surface area contributed by atoms with Gasteiger partial charge in [-0.15, -0.1) is 0 Å². The highest BCUT2D eigenvalue weighted by atomic mass is 16.7. The molecule has 0 amide bonds. The van der Waals surface area contributed by atoms with Crippen LogP contribution in [0.5, 0.6) is 0 Å². The number of carbonyl (C=O) groups excluding carboxylic acids is 1. The maximum Gasteiger partial charge on any atom is 0.364 e. The van der Waals surface area contributed by atoms with Crippen molar-refractivity contribution in [1.29, 1.82) is 0 Å². The molecule has 1 heterocycles. The summed E-state index contributed by atoms with van der Waals surface area (Å²) in [5.41, 5.74) is 0.141. The van der Waals surface area contributed by atoms with Gasteiger partial charge >= 0.3 is 6.23 Å². The molecule has 1 aromatic rings. The van der Waals surface area contributed by atoms with E-state index in [0.717, 1.165) is 0 Å². The average Bonchev–Trinajstić information content (AvgIpc) is 2.85. The summed E-state index contributed by atoms with van der Waals surface area (Å²) >= 11 is 0. The molecule has 2 aliphatic rings. The van der Waals surface area contributed by atoms with E-state index < -0.39 is 22.0 Å². The zero-order valence-electron chi connectivity index (χ0n) is 13.2. The Morgan fingerprint density at radius 3 is 2.54 bits per heavy atom. The lowest BCUT2D eigenvalue weighted by Crippen LogP contribution is -2.28. The topological polar surface area (TPSA) is 113 Å². The third-order valence-corrected chi connectivity index (χ3v) is 4.39. The van der Waals surface area contributed by atoms with Gasteiger partial charge in [-0.3, -0.25) is 25.0 Å². The number of ether oxygens (including phenoxy) is 1. The summed E-state index contributed by atoms with van der Waals surface area (Å²) in [7, 11) is 0. The minimum Gasteiger partial charge on any atom is -0.433 e. The summed E-state index contributed by atoms with van der Waals surface area (Å²) in [6.07, 6.45) is -0.732. The first kappa shape index (κ1) is 16.1. The van der Waals surface area contributed by atoms with E-state index in [0.29, 0.717) is 17.7 Å². The second-order valence-electron chi connectivity index (χ2n) is 6.90. The third kappa shape index (κ3) is 2.64. The van der Waals surface area contributed by atoms with Gasteiger partial charge in [-0.1, -0.05) is 26.0 Å². The molecule has 0 N–H and O–H groups in total. The van der Waals surface area contributed by atoms with Crippen LogP contribution in [0, 0.1) is 25.6 Å². The van der Waals surface area contributed by atoms with E-state index in [9.17, 15) is 25.0 Å². The minimum atomic E-state index is -1.44. The van der Waals surface area contributed by atoms with Crippen LogP contribution in [0.25, 0.3) is 0 Å². The fourth-order valence-corrected chi connectivity index (χ4v) is 3.41. The summed E-state index contributed by atoms with van der Waals surface area (Å²) in [6, 6.07) is 5.59. The van der Waals surface area contributed by atoms with Crippen LogP contribution in [-0.4, -0.2) is 21.9 Å². The summed E-state index contributed by atoms with van der Waals surface area (Å²) in [5, 5.41) is 22.4. The predicted molar refractivity (Wildman–Crippen MR) is 82.8 cm³/mol. The van der Waals surface area contributed by atoms with Gasteiger partial charge in [0.15, 0.2) is 5.78 Å². The molecule has 0 bridgehead atoms. The summed E-state index contributed by atoms with van der Waals surface area (Å²) < 4.78 is 5.49. The molecule has 126 valence electrons. The first-order chi connectivity index (χ1) is 11.2. The second-order valence-corrected chi connectivity index (χ2v) is 6.90. The zero-order valence-corrected chi connectivity index (χ0v) is 13.2. The molecule has 8 heteroatoms. The molecule has 0 radical (unpaired) electrons. The number of non-ortho nitro benzene ring substituents is 1. The van der Waals surface area contributed by atoms with Crippen molar-refractivity contribution < 1.29 is 19.4 Å². The predicted octanol–water partition coefficient (Wildman–Crippen LogP) is 2.95. The first-order valence-electron chi connectivity index (χ1n) is 7.50. The fraction of sp³-hybridized carbons (Fsp3) is 0.438. The van der Waals surface area contributed by atoms with Gasteiger partial charge in [-0.25, -0.2) is 0 Å². The van der Waals surface area contributed by atoms with Gasteiger partial charge in [0, 0.05) is 25.0 Å². The lowest BCUT2D eigenvalue weighted by atomic mass is 9.73. The number of ketones is 1. The second kappa shape index (κ2) is 5.40. The number of hydrogen-bond donors (Lipinski definition) is 0. The van der Waals surface area contributed by atoms with Gasteiger partial charge < -0.3 is 4.74 Å². The highest BCUT2D eigenvalue weighted by Crippen LogP contribution is 2.49. The van der Waals surface area contributed by atoms with Crippen molar-refractivity contribution in [2.24, 2.45) is 5.41 Å². The van der Waals surface area contributed by atoms with E-state index in [2.05, 4.69) is 0 Å². The Labute approximate surface area is 137 Å². The average molecular weight is 332 g/mol. The number of nitrogens with zero attached hydrogens (tertiary/aromatic N) is 2. The van der Waals surface area contributed by atoms with Crippen molar-refractivity contribution in [1.82, 2.24) is 0 Å². The van der Waals surface area contributed by atoms with E-state index in [1.165, 1.54) is 18.2 Å². The van der Waals surface area contributed by atoms with E-state index in [-0.39, 0.29) is 28.9 Å². The quantitative estimate of drug-likeness (QED) is 0.621. The smallest absolute Gasteiger partial charge is 0.364 e. The van der Waals surface area contributed by atoms with Crippen LogP contribution in [0.15, 0.2) is 35.6 Å². The Balaban J connectivity index is 2.10. The number of carbonyl (C=O) groups is 1. The number of hydrogen-bond acceptors (Lipinski definition) is 6. The molecular formula is C16H16N2O6. The largest absolute Gasteiger partial charge is 0.433 e. The summed E-state index contributed by atoms with van der Waals surface area (Å²) in [5.74, 6) is -0.768. The van der Waals surface area contributed by atoms with Crippen LogP contribution < -0.4 is 0 Å². The normalized spacial score (nSPS) is 25.2. The molecule has 1 aliphatic heterocycles. The van der Waals surface area contributed by atoms with Crippen molar-refractivity contribution in [2.45, 2.75) is 38.8 Å². The molecule has 0 unspecified atom stereocenters. The summed E-state index contributed by atoms with van der Waals surface area (Å²) in [4.78, 5) is 33.8. The van der Waals surface area contributed by atoms with Crippen molar-refractivity contribution in [3.63, 3.8) is 0 Å². The fourth-order valence-electron chi connectivity index (χ4n) is 3.41. The van der Waals surface area contributed by atoms with E-state index >= 15 is 0 Å². The number of allylic oxidation sites excluding steroid dienone is 1. The van der Waals surface area contributed by atoms with Crippen molar-refractivity contribution in [3.05, 3.63) is 61.4 Å². The molecule has 24 heavy (non-hydrogen) atoms. The van der Waals surface area contributed by atoms with Crippen LogP contribution >= 0.6 is 0 Å². The standard InChI is InChI=1S/C16H16N2O6/c1-16(2)7-11(19)14-12(8-16)24-15(18(22)23)13(14)9-4-3-5-10(6-9)17(20)21/h3-6,13,15H,7-8H2,1-2H3/t13-,15+/m1/s1. The van der Waals surface area contributed by atoms with Crippen molar-refractivity contribution in [2.75, 3.05) is 0 Å². The van der Waals surface area contributed by atoms with Gasteiger partial charge in [0.1, 0.15) is 11.7 Å². The maximum atomic E-state index is 12.6. The molecule has 0 saturated heterocycles. The molecular weight excluding hydrogens is 316 g/mol. The molecule has 8 nitrogen and oxygen atoms in total. The Bertz CT molecular complexity index is 783. The number of nitro groups is 2. The number of Topliss-reactive ketones (excluding diaryl/α,β-unsaturated/α-hetero) is 1. The number of nitro benzene ring substituents is 1. The summed E-state index contributed by atoms with van der Waals surface area (Å²) in [6.45, 7) is 3.81. The van der Waals surface area contributed by atoms with Crippen molar-refractivity contribution >= 4 is 11.5 Å². The van der Waals surface area contributed by atoms with E-state index in [4.69, 9.17) is 4.74 Å². The van der Waals surface area contributed by atoms with Gasteiger partial charge in [-0.2, -0.15) is 0 Å². The SMILES string of the molecule is CC1(C)CC(=O)C2=C(C1)O[C@H]([N+](=O)[O-])[C@@H]2c1cccc([N+](=O)[O-])c1. The third-order valence-electron chi connectivity index (χ3n) is 4.39. The van der Waals surface area contributed by atoms with Gasteiger partial charge in [-0.05, 0) is 11.0 Å². The van der Waals surface area contributed by atoms with Crippen LogP contribution in [0.3, 0.4) is 0 Å². The Hall–Kier alpha value is -2.77. The zero-order chi connectivity index (χ0) is 17.6. The van der Waals surface area contributed by atoms with Gasteiger partial charge in [0.25, 0.3) is 5.69 Å². The van der Waals surface area contributed by atoms with E-state index in [1.54, 1.807) is 6.07 Å². The Morgan fingerprint density at radius 1 is 1.21 bits per heavy atom. The number of rotatable bonds is 3. The Morgan fingerprint density at radius 2 is 1.92 bits per heavy atom. The molecule has 0 aromatic heterocycles. The molecule has 1 aliphatic carbocycles. The molecule has 2 atom stereocenters. The lowest BCUT2D eigenvalue weighted by molar-refractivity contribution is -0.570. The van der Waals surface area contributed by atoms with Crippen molar-refractivity contribution in [3.8, 4) is 0 Å². The lowest BCUT2D eigenvalue weighted by Gasteiger charge is -2.28. The molecule has 0 spiro atoms. The molecule has 0 saturated carbocycles. The highest BCUT2D eigenvalue weighted by molar-refractivity contribution is 5.99. The van der Waals surface area contributed by atoms with Gasteiger partial charge in [0.05, 0.1) is 15.4 Å². The first-order valence-corrected chi connectivity index (χ1v) is 7.50. The molecule has 0 fully saturated rings. The van der Waals surface area contributed by atoms with Gasteiger partial charge in [0.2, 0.25) is 0 Å². The molecule has 3 rings (SSSR count). The van der Waals surface area contributed by atoms with Crippen LogP contribution in [0.2, 0.25) is 0 Å². The van der Waals surface area contributed by atoms with Crippen LogP contribution in [0.1, 0.15) is 38.2 Å². The highest BCUT2D eigenvalue weighted by Gasteiger charge is 2.51. The van der Waals surface area contributed by atoms with E-state index in [1.807, 2.05) is 13.8 Å². The monoisotopic (exact) mass is 332 g/mol. The molecule has 1 aromatic carbocycles. The van der Waals surface area contributed by atoms with Crippen LogP contribution in [-0.2, 0) is 9.53 Å². The minimum absolute atomic E-state index is 0.174. The van der Waals surface area contributed by atoms with Crippen LogP contribution in [0.4, 0.5) is 5.69 Å². The number of benzene rings is 1. The maximum absolute atomic E-state index is 12.6. The Kier molecular flexibility index (Phi) is 3.62.